The summed E-state index contributed by atoms with van der Waals surface area (Å²) >= 11 is 0. The van der Waals surface area contributed by atoms with Crippen molar-refractivity contribution >= 4 is 0 Å². The second-order valence-corrected chi connectivity index (χ2v) is 7.00. The van der Waals surface area contributed by atoms with Gasteiger partial charge in [-0.2, -0.15) is 27.7 Å². The maximum Gasteiger partial charge on any atom is 0 e. The van der Waals surface area contributed by atoms with Crippen LogP contribution in [0.1, 0.15) is 68.2 Å². The van der Waals surface area contributed by atoms with E-state index in [1.165, 1.54) is 12.8 Å². The summed E-state index contributed by atoms with van der Waals surface area (Å²) in [5, 5.41) is 8.43. The van der Waals surface area contributed by atoms with Gasteiger partial charge in [0.2, 0.25) is 0 Å². The average molecular weight is 488 g/mol. The minimum atomic E-state index is 0. The Bertz CT molecular complexity index is 200. The molecule has 0 N–H and O–H groups in total. The standard InChI is InChI=1S/C8H16N.C6H12N.2C3H7.2Y/c1-7(2)8-3-5-9-6-4-8;1-5(2)6-3-7-4-6;2*1-3-2;;/h7-8H,3-6H2,1-2H3;5-6H,3-4H2,1-2H3;2*3H,1-2H3;;/q4*-1;;. The summed E-state index contributed by atoms with van der Waals surface area (Å²) in [6.07, 6.45) is 6.66. The normalized spacial score (nSPS) is 16.8. The van der Waals surface area contributed by atoms with Gasteiger partial charge in [0, 0.05) is 65.4 Å². The monoisotopic (exact) mass is 488 g/mol. The molecule has 0 unspecified atom stereocenters. The smallest absolute Gasteiger partial charge is 0 e. The third-order valence-corrected chi connectivity index (χ3v) is 3.93. The van der Waals surface area contributed by atoms with Gasteiger partial charge in [-0.15, -0.1) is 26.2 Å². The van der Waals surface area contributed by atoms with Crippen LogP contribution >= 0.6 is 0 Å². The van der Waals surface area contributed by atoms with E-state index in [1.807, 2.05) is 40.5 Å². The van der Waals surface area contributed by atoms with E-state index in [4.69, 9.17) is 0 Å². The Morgan fingerprint density at radius 2 is 1.00 bits per heavy atom. The Kier molecular flexibility index (Phi) is 35.3. The topological polar surface area (TPSA) is 28.2 Å². The third kappa shape index (κ3) is 22.2. The van der Waals surface area contributed by atoms with Gasteiger partial charge in [-0.3, -0.25) is 0 Å². The van der Waals surface area contributed by atoms with Crippen molar-refractivity contribution in [3.63, 3.8) is 0 Å². The van der Waals surface area contributed by atoms with E-state index in [9.17, 15) is 0 Å². The summed E-state index contributed by atoms with van der Waals surface area (Å²) in [5.41, 5.74) is 0. The molecule has 2 heterocycles. The van der Waals surface area contributed by atoms with E-state index in [0.717, 1.165) is 49.9 Å². The average Bonchev–Trinajstić information content (AvgIpc) is 2.39. The molecule has 2 fully saturated rings. The molecule has 2 nitrogen and oxygen atoms in total. The van der Waals surface area contributed by atoms with Gasteiger partial charge in [0.25, 0.3) is 0 Å². The van der Waals surface area contributed by atoms with Gasteiger partial charge in [0.1, 0.15) is 0 Å². The first-order valence-electron chi connectivity index (χ1n) is 9.18. The quantitative estimate of drug-likeness (QED) is 0.396. The Morgan fingerprint density at radius 1 is 0.667 bits per heavy atom. The SMILES string of the molecule is CC(C)C1CC[N-]CC1.CC(C)C1C[N-]C1.C[CH-]C.C[CH-]C.[Y].[Y]. The summed E-state index contributed by atoms with van der Waals surface area (Å²) in [5.74, 6) is 3.61. The Labute approximate surface area is 205 Å². The van der Waals surface area contributed by atoms with E-state index in [0.29, 0.717) is 0 Å². The van der Waals surface area contributed by atoms with Crippen LogP contribution in [0.3, 0.4) is 0 Å². The second kappa shape index (κ2) is 25.1. The fourth-order valence-electron chi connectivity index (χ4n) is 2.14. The van der Waals surface area contributed by atoms with Crippen LogP contribution in [0.25, 0.3) is 10.6 Å². The Balaban J connectivity index is -0.000000120. The van der Waals surface area contributed by atoms with E-state index in [1.54, 1.807) is 0 Å². The molecule has 2 aliphatic rings. The minimum Gasteiger partial charge on any atom is -0.662 e. The van der Waals surface area contributed by atoms with Crippen molar-refractivity contribution in [3.05, 3.63) is 23.5 Å². The zero-order chi connectivity index (χ0) is 17.4. The molecule has 2 aliphatic heterocycles. The molecule has 0 bridgehead atoms. The van der Waals surface area contributed by atoms with E-state index in [-0.39, 0.29) is 65.4 Å². The first kappa shape index (κ1) is 33.7. The maximum absolute atomic E-state index is 4.31. The minimum absolute atomic E-state index is 0. The molecule has 24 heavy (non-hydrogen) atoms. The van der Waals surface area contributed by atoms with Crippen LogP contribution in [-0.2, 0) is 65.4 Å². The van der Waals surface area contributed by atoms with Crippen LogP contribution in [0.2, 0.25) is 0 Å². The summed E-state index contributed by atoms with van der Waals surface area (Å²) in [6.45, 7) is 21.6. The molecular formula is C20H42N2Y2-4. The van der Waals surface area contributed by atoms with Gasteiger partial charge in [-0.1, -0.05) is 46.5 Å². The maximum atomic E-state index is 4.31. The first-order valence-corrected chi connectivity index (χ1v) is 9.18. The fraction of sp³-hybridized carbons (Fsp3) is 0.900. The van der Waals surface area contributed by atoms with E-state index >= 15 is 0 Å². The van der Waals surface area contributed by atoms with Crippen LogP contribution in [0, 0.1) is 36.5 Å². The third-order valence-electron chi connectivity index (χ3n) is 3.93. The molecule has 0 aromatic heterocycles. The molecule has 0 amide bonds. The van der Waals surface area contributed by atoms with Gasteiger partial charge in [0.15, 0.2) is 0 Å². The van der Waals surface area contributed by atoms with Gasteiger partial charge in [-0.25, -0.2) is 0 Å². The number of rotatable bonds is 2. The van der Waals surface area contributed by atoms with Crippen LogP contribution in [-0.4, -0.2) is 26.2 Å². The predicted octanol–water partition coefficient (Wildman–Crippen LogP) is 6.53. The molecule has 0 aromatic rings. The van der Waals surface area contributed by atoms with E-state index in [2.05, 4.69) is 38.3 Å². The van der Waals surface area contributed by atoms with Crippen molar-refractivity contribution in [1.29, 1.82) is 0 Å². The van der Waals surface area contributed by atoms with Crippen molar-refractivity contribution in [2.45, 2.75) is 68.2 Å². The zero-order valence-electron chi connectivity index (χ0n) is 17.8. The van der Waals surface area contributed by atoms with Crippen molar-refractivity contribution in [1.82, 2.24) is 0 Å². The second-order valence-electron chi connectivity index (χ2n) is 7.00. The van der Waals surface area contributed by atoms with Gasteiger partial charge in [-0.05, 0) is 17.8 Å². The van der Waals surface area contributed by atoms with E-state index < -0.39 is 0 Å². The van der Waals surface area contributed by atoms with Crippen molar-refractivity contribution in [3.8, 4) is 0 Å². The van der Waals surface area contributed by atoms with Gasteiger partial charge < -0.3 is 23.5 Å². The molecule has 0 saturated carbocycles. The molecular weight excluding hydrogens is 446 g/mol. The van der Waals surface area contributed by atoms with Crippen LogP contribution in [0.5, 0.6) is 0 Å². The predicted molar refractivity (Wildman–Crippen MR) is 103 cm³/mol. The number of nitrogens with zero attached hydrogens (tertiary/aromatic N) is 2. The molecule has 4 heteroatoms. The molecule has 0 aliphatic carbocycles. The van der Waals surface area contributed by atoms with Gasteiger partial charge in [0.05, 0.1) is 0 Å². The molecule has 2 radical (unpaired) electrons. The largest absolute Gasteiger partial charge is 0.662 e. The van der Waals surface area contributed by atoms with Crippen LogP contribution in [0.15, 0.2) is 0 Å². The first-order chi connectivity index (χ1) is 10.4. The molecule has 2 saturated heterocycles. The fourth-order valence-corrected chi connectivity index (χ4v) is 2.14. The molecule has 0 spiro atoms. The Morgan fingerprint density at radius 3 is 1.12 bits per heavy atom. The summed E-state index contributed by atoms with van der Waals surface area (Å²) < 4.78 is 0. The summed E-state index contributed by atoms with van der Waals surface area (Å²) in [6, 6.07) is 0. The summed E-state index contributed by atoms with van der Waals surface area (Å²) in [4.78, 5) is 0. The molecule has 2 rings (SSSR count). The van der Waals surface area contributed by atoms with Crippen molar-refractivity contribution in [2.24, 2.45) is 23.7 Å². The van der Waals surface area contributed by atoms with Crippen molar-refractivity contribution < 1.29 is 65.4 Å². The number of hydrogen-bond acceptors (Lipinski definition) is 0. The van der Waals surface area contributed by atoms with Crippen molar-refractivity contribution in [2.75, 3.05) is 26.2 Å². The van der Waals surface area contributed by atoms with Gasteiger partial charge >= 0.3 is 0 Å². The summed E-state index contributed by atoms with van der Waals surface area (Å²) in [7, 11) is 0. The molecule has 0 atom stereocenters. The van der Waals surface area contributed by atoms with Crippen LogP contribution < -0.4 is 0 Å². The zero-order valence-corrected chi connectivity index (χ0v) is 23.4. The molecule has 142 valence electrons. The number of hydrogen-bond donors (Lipinski definition) is 0. The Hall–Kier alpha value is 2.13. The molecule has 0 aromatic carbocycles. The number of piperidine rings is 1. The van der Waals surface area contributed by atoms with Crippen LogP contribution in [0.4, 0.5) is 0 Å².